The highest BCUT2D eigenvalue weighted by Crippen LogP contribution is 2.57. The zero-order valence-electron chi connectivity index (χ0n) is 12.1. The fourth-order valence-electron chi connectivity index (χ4n) is 3.41. The largest absolute Gasteiger partial charge is 0.481 e. The summed E-state index contributed by atoms with van der Waals surface area (Å²) in [6, 6.07) is 5.72. The minimum atomic E-state index is -0.819. The van der Waals surface area contributed by atoms with Gasteiger partial charge >= 0.3 is 6.09 Å². The normalized spacial score (nSPS) is 25.9. The van der Waals surface area contributed by atoms with Gasteiger partial charge in [0.05, 0.1) is 24.7 Å². The van der Waals surface area contributed by atoms with Gasteiger partial charge in [-0.2, -0.15) is 5.10 Å². The Morgan fingerprint density at radius 3 is 2.68 bits per heavy atom. The molecule has 1 unspecified atom stereocenters. The van der Waals surface area contributed by atoms with Crippen LogP contribution in [-0.2, 0) is 0 Å². The molecule has 3 heterocycles. The van der Waals surface area contributed by atoms with Gasteiger partial charge in [-0.15, -0.1) is 0 Å². The molecule has 1 saturated carbocycles. The fourth-order valence-corrected chi connectivity index (χ4v) is 3.41. The third-order valence-electron chi connectivity index (χ3n) is 4.61. The molecule has 2 fully saturated rings. The second-order valence-electron chi connectivity index (χ2n) is 5.78. The third-order valence-corrected chi connectivity index (χ3v) is 4.61. The summed E-state index contributed by atoms with van der Waals surface area (Å²) in [5.41, 5.74) is 1.92. The van der Waals surface area contributed by atoms with Crippen molar-refractivity contribution in [3.8, 4) is 11.6 Å². The molecule has 22 heavy (non-hydrogen) atoms. The molecule has 1 aliphatic carbocycles. The topological polar surface area (TPSA) is 80.5 Å². The van der Waals surface area contributed by atoms with Crippen molar-refractivity contribution in [2.75, 3.05) is 20.2 Å². The van der Waals surface area contributed by atoms with E-state index < -0.39 is 6.09 Å². The third kappa shape index (κ3) is 2.01. The first-order chi connectivity index (χ1) is 10.7. The number of hydrogen-bond acceptors (Lipinski definition) is 4. The number of methoxy groups -OCH3 is 1. The van der Waals surface area contributed by atoms with E-state index in [2.05, 4.69) is 10.1 Å². The van der Waals surface area contributed by atoms with Gasteiger partial charge in [0.25, 0.3) is 0 Å². The lowest BCUT2D eigenvalue weighted by atomic mass is 10.2. The van der Waals surface area contributed by atoms with Crippen LogP contribution in [0.4, 0.5) is 4.79 Å². The van der Waals surface area contributed by atoms with E-state index >= 15 is 0 Å². The van der Waals surface area contributed by atoms with Gasteiger partial charge in [-0.25, -0.2) is 14.5 Å². The van der Waals surface area contributed by atoms with Crippen molar-refractivity contribution in [2.24, 2.45) is 11.8 Å². The van der Waals surface area contributed by atoms with E-state index in [4.69, 9.17) is 9.84 Å². The van der Waals surface area contributed by atoms with Gasteiger partial charge < -0.3 is 14.7 Å². The summed E-state index contributed by atoms with van der Waals surface area (Å²) in [6.07, 6.45) is 2.82. The van der Waals surface area contributed by atoms with Crippen molar-refractivity contribution in [3.63, 3.8) is 0 Å². The number of rotatable bonds is 3. The predicted octanol–water partition coefficient (Wildman–Crippen LogP) is 1.60. The summed E-state index contributed by atoms with van der Waals surface area (Å²) in [5, 5.41) is 13.6. The monoisotopic (exact) mass is 300 g/mol. The molecule has 0 bridgehead atoms. The molecule has 3 atom stereocenters. The highest BCUT2D eigenvalue weighted by molar-refractivity contribution is 5.66. The number of pyridine rings is 1. The molecule has 1 amide bonds. The predicted molar refractivity (Wildman–Crippen MR) is 77.2 cm³/mol. The highest BCUT2D eigenvalue weighted by Gasteiger charge is 2.58. The smallest absolute Gasteiger partial charge is 0.407 e. The minimum absolute atomic E-state index is 0.392. The minimum Gasteiger partial charge on any atom is -0.481 e. The molecule has 2 aromatic heterocycles. The molecule has 1 N–H and O–H groups in total. The molecule has 0 radical (unpaired) electrons. The fraction of sp³-hybridized carbons (Fsp3) is 0.400. The van der Waals surface area contributed by atoms with Gasteiger partial charge in [0, 0.05) is 31.3 Å². The van der Waals surface area contributed by atoms with E-state index in [0.717, 1.165) is 11.4 Å². The average Bonchev–Trinajstić information content (AvgIpc) is 2.95. The Bertz CT molecular complexity index is 700. The molecule has 4 rings (SSSR count). The number of nitrogens with zero attached hydrogens (tertiary/aromatic N) is 4. The maximum atomic E-state index is 10.9. The Kier molecular flexibility index (Phi) is 2.82. The van der Waals surface area contributed by atoms with E-state index in [1.165, 1.54) is 4.90 Å². The number of aromatic nitrogens is 3. The molecule has 2 aromatic rings. The lowest BCUT2D eigenvalue weighted by molar-refractivity contribution is 0.150. The van der Waals surface area contributed by atoms with Crippen molar-refractivity contribution >= 4 is 6.09 Å². The maximum absolute atomic E-state index is 10.9. The first kappa shape index (κ1) is 13.1. The summed E-state index contributed by atoms with van der Waals surface area (Å²) in [6.45, 7) is 1.25. The Morgan fingerprint density at radius 1 is 1.32 bits per heavy atom. The van der Waals surface area contributed by atoms with Crippen molar-refractivity contribution < 1.29 is 14.6 Å². The van der Waals surface area contributed by atoms with Crippen LogP contribution in [0, 0.1) is 11.8 Å². The number of piperidine rings is 1. The van der Waals surface area contributed by atoms with Crippen LogP contribution in [0.1, 0.15) is 11.6 Å². The van der Waals surface area contributed by atoms with Crippen LogP contribution in [0.5, 0.6) is 5.88 Å². The average molecular weight is 300 g/mol. The quantitative estimate of drug-likeness (QED) is 0.931. The maximum Gasteiger partial charge on any atom is 0.407 e. The Labute approximate surface area is 127 Å². The van der Waals surface area contributed by atoms with Crippen LogP contribution in [0.3, 0.4) is 0 Å². The van der Waals surface area contributed by atoms with Crippen molar-refractivity contribution in [2.45, 2.75) is 5.92 Å². The number of likely N-dealkylation sites (tertiary alicyclic amines) is 1. The number of amides is 1. The van der Waals surface area contributed by atoms with Crippen LogP contribution in [0.2, 0.25) is 0 Å². The zero-order valence-corrected chi connectivity index (χ0v) is 12.1. The van der Waals surface area contributed by atoms with E-state index in [1.807, 2.05) is 18.3 Å². The van der Waals surface area contributed by atoms with Crippen molar-refractivity contribution in [3.05, 3.63) is 36.3 Å². The second kappa shape index (κ2) is 4.72. The van der Waals surface area contributed by atoms with E-state index in [0.29, 0.717) is 36.7 Å². The second-order valence-corrected chi connectivity index (χ2v) is 5.78. The number of fused-ring (bicyclic) bond motifs is 1. The van der Waals surface area contributed by atoms with Crippen molar-refractivity contribution in [1.29, 1.82) is 0 Å². The number of carboxylic acid groups (broad SMARTS) is 1. The van der Waals surface area contributed by atoms with Gasteiger partial charge in [0.2, 0.25) is 5.88 Å². The van der Waals surface area contributed by atoms with Crippen molar-refractivity contribution in [1.82, 2.24) is 19.7 Å². The Morgan fingerprint density at radius 2 is 2.09 bits per heavy atom. The van der Waals surface area contributed by atoms with Gasteiger partial charge in [-0.1, -0.05) is 0 Å². The summed E-state index contributed by atoms with van der Waals surface area (Å²) in [7, 11) is 1.58. The molecule has 114 valence electrons. The molecule has 7 heteroatoms. The molecular formula is C15H16N4O3. The van der Waals surface area contributed by atoms with E-state index in [1.54, 1.807) is 24.1 Å². The number of ether oxygens (including phenoxy) is 1. The summed E-state index contributed by atoms with van der Waals surface area (Å²) >= 11 is 0. The first-order valence-electron chi connectivity index (χ1n) is 7.21. The van der Waals surface area contributed by atoms with Gasteiger partial charge in [0.15, 0.2) is 0 Å². The lowest BCUT2D eigenvalue weighted by Crippen LogP contribution is -2.29. The Hall–Kier alpha value is -2.57. The molecule has 0 aromatic carbocycles. The van der Waals surface area contributed by atoms with E-state index in [9.17, 15) is 4.79 Å². The summed E-state index contributed by atoms with van der Waals surface area (Å²) < 4.78 is 6.84. The van der Waals surface area contributed by atoms with Crippen LogP contribution in [0.25, 0.3) is 5.69 Å². The molecule has 7 nitrogen and oxygen atoms in total. The molecule has 2 aliphatic rings. The number of carbonyl (C=O) groups is 1. The molecule has 1 saturated heterocycles. The lowest BCUT2D eigenvalue weighted by Gasteiger charge is -2.14. The SMILES string of the molecule is COc1ccc(-n2ccc(C3[C@H]4CN(C(=O)O)C[C@@H]34)n2)cn1. The van der Waals surface area contributed by atoms with Gasteiger partial charge in [0.1, 0.15) is 0 Å². The summed E-state index contributed by atoms with van der Waals surface area (Å²) in [5.74, 6) is 1.81. The zero-order chi connectivity index (χ0) is 15.3. The molecular weight excluding hydrogens is 284 g/mol. The standard InChI is InChI=1S/C15H16N4O3/c1-22-13-3-2-9(6-16-13)19-5-4-12(17-19)14-10-7-18(15(20)21)8-11(10)14/h2-6,10-11,14H,7-8H2,1H3,(H,20,21)/t10-,11+,14?. The molecule has 0 spiro atoms. The molecule has 1 aliphatic heterocycles. The van der Waals surface area contributed by atoms with Gasteiger partial charge in [-0.05, 0) is 24.0 Å². The van der Waals surface area contributed by atoms with E-state index in [-0.39, 0.29) is 0 Å². The van der Waals surface area contributed by atoms with Crippen LogP contribution >= 0.6 is 0 Å². The highest BCUT2D eigenvalue weighted by atomic mass is 16.5. The van der Waals surface area contributed by atoms with Crippen LogP contribution in [-0.4, -0.2) is 51.1 Å². The van der Waals surface area contributed by atoms with Crippen LogP contribution in [0.15, 0.2) is 30.6 Å². The van der Waals surface area contributed by atoms with Gasteiger partial charge in [-0.3, -0.25) is 0 Å². The first-order valence-corrected chi connectivity index (χ1v) is 7.21. The number of hydrogen-bond donors (Lipinski definition) is 1. The Balaban J connectivity index is 1.48. The van der Waals surface area contributed by atoms with Crippen LogP contribution < -0.4 is 4.74 Å². The summed E-state index contributed by atoms with van der Waals surface area (Å²) in [4.78, 5) is 16.6.